The van der Waals surface area contributed by atoms with E-state index in [1.165, 1.54) is 36.1 Å². The van der Waals surface area contributed by atoms with Gasteiger partial charge in [0.1, 0.15) is 0 Å². The van der Waals surface area contributed by atoms with Crippen LogP contribution in [0.3, 0.4) is 0 Å². The minimum Gasteiger partial charge on any atom is -0.329 e. The summed E-state index contributed by atoms with van der Waals surface area (Å²) >= 11 is 1.82. The smallest absolute Gasteiger partial charge is 0.0541 e. The first-order chi connectivity index (χ1) is 7.81. The van der Waals surface area contributed by atoms with E-state index in [1.54, 1.807) is 0 Å². The lowest BCUT2D eigenvalue weighted by Gasteiger charge is -2.16. The molecule has 90 valence electrons. The topological polar surface area (TPSA) is 38.0 Å². The van der Waals surface area contributed by atoms with Gasteiger partial charge in [-0.1, -0.05) is 12.8 Å². The Hall–Kier alpha value is -0.380. The minimum atomic E-state index is 0.360. The van der Waals surface area contributed by atoms with Gasteiger partial charge in [0.05, 0.1) is 6.04 Å². The predicted octanol–water partition coefficient (Wildman–Crippen LogP) is 2.84. The lowest BCUT2D eigenvalue weighted by molar-refractivity contribution is 0.516. The third kappa shape index (κ3) is 3.30. The summed E-state index contributed by atoms with van der Waals surface area (Å²) < 4.78 is 0. The van der Waals surface area contributed by atoms with Gasteiger partial charge in [0.2, 0.25) is 0 Å². The van der Waals surface area contributed by atoms with E-state index < -0.39 is 0 Å². The standard InChI is InChI=1S/C13H22N2S/c1-10-6-8-16-13(10)12(9-14)15-7-2-3-11-4-5-11/h6,8,11-12,15H,2-5,7,9,14H2,1H3. The Bertz CT molecular complexity index is 317. The van der Waals surface area contributed by atoms with Crippen LogP contribution >= 0.6 is 11.3 Å². The summed E-state index contributed by atoms with van der Waals surface area (Å²) in [5.74, 6) is 1.04. The molecule has 1 saturated carbocycles. The van der Waals surface area contributed by atoms with Crippen molar-refractivity contribution < 1.29 is 0 Å². The molecule has 0 saturated heterocycles. The highest BCUT2D eigenvalue weighted by molar-refractivity contribution is 7.10. The quantitative estimate of drug-likeness (QED) is 0.717. The average molecular weight is 238 g/mol. The Morgan fingerprint density at radius 3 is 2.94 bits per heavy atom. The first-order valence-corrected chi connectivity index (χ1v) is 7.16. The molecule has 0 amide bonds. The lowest BCUT2D eigenvalue weighted by Crippen LogP contribution is -2.28. The van der Waals surface area contributed by atoms with Crippen molar-refractivity contribution in [3.8, 4) is 0 Å². The molecule has 3 N–H and O–H groups in total. The van der Waals surface area contributed by atoms with Crippen LogP contribution in [0.2, 0.25) is 0 Å². The van der Waals surface area contributed by atoms with Gasteiger partial charge in [0.15, 0.2) is 0 Å². The van der Waals surface area contributed by atoms with Crippen molar-refractivity contribution in [2.24, 2.45) is 11.7 Å². The number of nitrogens with two attached hydrogens (primary N) is 1. The SMILES string of the molecule is Cc1ccsc1C(CN)NCCCC1CC1. The molecule has 2 rings (SSSR count). The fourth-order valence-corrected chi connectivity index (χ4v) is 3.11. The number of nitrogens with one attached hydrogen (secondary N) is 1. The van der Waals surface area contributed by atoms with Gasteiger partial charge in [-0.25, -0.2) is 0 Å². The lowest BCUT2D eigenvalue weighted by atomic mass is 10.1. The maximum atomic E-state index is 5.83. The molecule has 3 heteroatoms. The Kier molecular flexibility index (Phi) is 4.38. The zero-order chi connectivity index (χ0) is 11.4. The van der Waals surface area contributed by atoms with E-state index in [-0.39, 0.29) is 0 Å². The molecule has 0 spiro atoms. The summed E-state index contributed by atoms with van der Waals surface area (Å²) in [6, 6.07) is 2.54. The molecule has 0 aliphatic heterocycles. The van der Waals surface area contributed by atoms with Crippen molar-refractivity contribution in [2.45, 2.75) is 38.6 Å². The highest BCUT2D eigenvalue weighted by Gasteiger charge is 2.20. The summed E-state index contributed by atoms with van der Waals surface area (Å²) in [6.45, 7) is 3.97. The Morgan fingerprint density at radius 2 is 2.38 bits per heavy atom. The second kappa shape index (κ2) is 5.80. The Morgan fingerprint density at radius 1 is 1.56 bits per heavy atom. The maximum absolute atomic E-state index is 5.83. The van der Waals surface area contributed by atoms with Gasteiger partial charge in [-0.15, -0.1) is 11.3 Å². The van der Waals surface area contributed by atoms with Crippen LogP contribution < -0.4 is 11.1 Å². The largest absolute Gasteiger partial charge is 0.329 e. The molecule has 1 heterocycles. The van der Waals surface area contributed by atoms with Crippen molar-refractivity contribution >= 4 is 11.3 Å². The molecule has 0 radical (unpaired) electrons. The fourth-order valence-electron chi connectivity index (χ4n) is 2.10. The molecule has 0 aromatic carbocycles. The van der Waals surface area contributed by atoms with Crippen molar-refractivity contribution in [3.63, 3.8) is 0 Å². The van der Waals surface area contributed by atoms with Gasteiger partial charge < -0.3 is 11.1 Å². The summed E-state index contributed by atoms with van der Waals surface area (Å²) in [4.78, 5) is 1.41. The Balaban J connectivity index is 1.74. The van der Waals surface area contributed by atoms with Gasteiger partial charge >= 0.3 is 0 Å². The third-order valence-corrected chi connectivity index (χ3v) is 4.46. The van der Waals surface area contributed by atoms with E-state index >= 15 is 0 Å². The number of hydrogen-bond acceptors (Lipinski definition) is 3. The van der Waals surface area contributed by atoms with Crippen molar-refractivity contribution in [3.05, 3.63) is 21.9 Å². The number of rotatable bonds is 7. The van der Waals surface area contributed by atoms with E-state index in [0.717, 1.165) is 12.5 Å². The highest BCUT2D eigenvalue weighted by Crippen LogP contribution is 2.33. The van der Waals surface area contributed by atoms with E-state index in [2.05, 4.69) is 23.7 Å². The number of aryl methyl sites for hydroxylation is 1. The van der Waals surface area contributed by atoms with Crippen LogP contribution in [-0.4, -0.2) is 13.1 Å². The number of thiophene rings is 1. The zero-order valence-electron chi connectivity index (χ0n) is 10.0. The van der Waals surface area contributed by atoms with Gasteiger partial charge in [0.25, 0.3) is 0 Å². The van der Waals surface area contributed by atoms with Crippen LogP contribution in [0.25, 0.3) is 0 Å². The van der Waals surface area contributed by atoms with Crippen LogP contribution in [-0.2, 0) is 0 Å². The van der Waals surface area contributed by atoms with Crippen LogP contribution in [0.4, 0.5) is 0 Å². The first-order valence-electron chi connectivity index (χ1n) is 6.28. The van der Waals surface area contributed by atoms with Crippen LogP contribution in [0, 0.1) is 12.8 Å². The van der Waals surface area contributed by atoms with Gasteiger partial charge in [-0.2, -0.15) is 0 Å². The monoisotopic (exact) mass is 238 g/mol. The summed E-state index contributed by atoms with van der Waals surface area (Å²) in [5.41, 5.74) is 7.20. The van der Waals surface area contributed by atoms with E-state index in [0.29, 0.717) is 12.6 Å². The van der Waals surface area contributed by atoms with Gasteiger partial charge in [-0.3, -0.25) is 0 Å². The molecule has 1 aliphatic rings. The second-order valence-corrected chi connectivity index (χ2v) is 5.74. The molecule has 0 bridgehead atoms. The first kappa shape index (κ1) is 12.1. The highest BCUT2D eigenvalue weighted by atomic mass is 32.1. The van der Waals surface area contributed by atoms with Crippen LogP contribution in [0.1, 0.15) is 42.2 Å². The van der Waals surface area contributed by atoms with E-state index in [1.807, 2.05) is 11.3 Å². The molecule has 16 heavy (non-hydrogen) atoms. The molecular weight excluding hydrogens is 216 g/mol. The Labute approximate surface area is 102 Å². The molecule has 1 atom stereocenters. The molecule has 2 nitrogen and oxygen atoms in total. The molecular formula is C13H22N2S. The van der Waals surface area contributed by atoms with Crippen LogP contribution in [0.15, 0.2) is 11.4 Å². The summed E-state index contributed by atoms with van der Waals surface area (Å²) in [6.07, 6.45) is 5.62. The zero-order valence-corrected chi connectivity index (χ0v) is 10.9. The van der Waals surface area contributed by atoms with Crippen molar-refractivity contribution in [1.29, 1.82) is 0 Å². The fraction of sp³-hybridized carbons (Fsp3) is 0.692. The predicted molar refractivity (Wildman–Crippen MR) is 70.8 cm³/mol. The third-order valence-electron chi connectivity index (χ3n) is 3.33. The molecule has 1 aliphatic carbocycles. The van der Waals surface area contributed by atoms with E-state index in [4.69, 9.17) is 5.73 Å². The average Bonchev–Trinajstić information content (AvgIpc) is 3.02. The van der Waals surface area contributed by atoms with E-state index in [9.17, 15) is 0 Å². The number of hydrogen-bond donors (Lipinski definition) is 2. The second-order valence-electron chi connectivity index (χ2n) is 4.80. The van der Waals surface area contributed by atoms with Crippen LogP contribution in [0.5, 0.6) is 0 Å². The molecule has 1 aromatic rings. The minimum absolute atomic E-state index is 0.360. The van der Waals surface area contributed by atoms with Crippen molar-refractivity contribution in [2.75, 3.05) is 13.1 Å². The summed E-state index contributed by atoms with van der Waals surface area (Å²) in [5, 5.41) is 5.73. The molecule has 1 unspecified atom stereocenters. The van der Waals surface area contributed by atoms with Crippen molar-refractivity contribution in [1.82, 2.24) is 5.32 Å². The maximum Gasteiger partial charge on any atom is 0.0541 e. The molecule has 1 aromatic heterocycles. The van der Waals surface area contributed by atoms with Gasteiger partial charge in [0, 0.05) is 11.4 Å². The summed E-state index contributed by atoms with van der Waals surface area (Å²) in [7, 11) is 0. The normalized spacial score (nSPS) is 17.6. The van der Waals surface area contributed by atoms with Gasteiger partial charge in [-0.05, 0) is 49.2 Å². The molecule has 1 fully saturated rings.